The Balaban J connectivity index is 2.47. The van der Waals surface area contributed by atoms with Gasteiger partial charge in [0, 0.05) is 12.1 Å². The van der Waals surface area contributed by atoms with Crippen LogP contribution in [0.3, 0.4) is 0 Å². The van der Waals surface area contributed by atoms with Crippen molar-refractivity contribution in [3.63, 3.8) is 0 Å². The number of nitrogens with zero attached hydrogens (tertiary/aromatic N) is 1. The Labute approximate surface area is 230 Å². The monoisotopic (exact) mass is 529 g/mol. The molecule has 7 heteroatoms. The maximum Gasteiger partial charge on any atom is 0.408 e. The molecule has 0 saturated heterocycles. The second-order valence-corrected chi connectivity index (χ2v) is 12.5. The van der Waals surface area contributed by atoms with Crippen LogP contribution in [-0.2, 0) is 14.3 Å². The molecule has 3 amide bonds. The number of benzene rings is 1. The van der Waals surface area contributed by atoms with Crippen LogP contribution < -0.4 is 10.6 Å². The van der Waals surface area contributed by atoms with Crippen LogP contribution >= 0.6 is 0 Å². The quantitative estimate of drug-likeness (QED) is 0.369. The van der Waals surface area contributed by atoms with Crippen molar-refractivity contribution in [2.24, 2.45) is 5.92 Å². The molecule has 0 aromatic heterocycles. The maximum atomic E-state index is 14.1. The second-order valence-electron chi connectivity index (χ2n) is 12.5. The van der Waals surface area contributed by atoms with Crippen molar-refractivity contribution in [2.45, 2.75) is 137 Å². The lowest BCUT2D eigenvalue weighted by molar-refractivity contribution is -0.145. The minimum Gasteiger partial charge on any atom is -0.444 e. The first-order valence-corrected chi connectivity index (χ1v) is 14.4. The summed E-state index contributed by atoms with van der Waals surface area (Å²) < 4.78 is 5.40. The van der Waals surface area contributed by atoms with E-state index >= 15 is 0 Å². The lowest BCUT2D eigenvalue weighted by Gasteiger charge is -2.39. The summed E-state index contributed by atoms with van der Waals surface area (Å²) in [5, 5.41) is 5.97. The molecule has 2 rings (SSSR count). The Morgan fingerprint density at radius 2 is 1.61 bits per heavy atom. The zero-order chi connectivity index (χ0) is 28.6. The highest BCUT2D eigenvalue weighted by Crippen LogP contribution is 2.30. The molecule has 7 nitrogen and oxygen atoms in total. The van der Waals surface area contributed by atoms with E-state index in [0.29, 0.717) is 5.92 Å². The number of ether oxygens (including phenoxy) is 1. The summed E-state index contributed by atoms with van der Waals surface area (Å²) in [6, 6.07) is 4.23. The van der Waals surface area contributed by atoms with E-state index in [1.54, 1.807) is 32.6 Å². The number of aryl methyl sites for hydroxylation is 2. The fourth-order valence-corrected chi connectivity index (χ4v) is 4.98. The number of amides is 3. The summed E-state index contributed by atoms with van der Waals surface area (Å²) in [5.74, 6) is 0.00588. The highest BCUT2D eigenvalue weighted by atomic mass is 16.6. The summed E-state index contributed by atoms with van der Waals surface area (Å²) >= 11 is 0. The van der Waals surface area contributed by atoms with Gasteiger partial charge in [0.1, 0.15) is 17.7 Å². The van der Waals surface area contributed by atoms with Gasteiger partial charge in [0.15, 0.2) is 0 Å². The topological polar surface area (TPSA) is 87.7 Å². The fraction of sp³-hybridized carbons (Fsp3) is 0.710. The van der Waals surface area contributed by atoms with Gasteiger partial charge in [-0.1, -0.05) is 51.3 Å². The zero-order valence-electron chi connectivity index (χ0n) is 25.1. The lowest BCUT2D eigenvalue weighted by Crippen LogP contribution is -2.55. The molecule has 0 bridgehead atoms. The predicted octanol–water partition coefficient (Wildman–Crippen LogP) is 6.36. The van der Waals surface area contributed by atoms with Gasteiger partial charge in [0.2, 0.25) is 11.8 Å². The van der Waals surface area contributed by atoms with Crippen LogP contribution in [0.5, 0.6) is 0 Å². The van der Waals surface area contributed by atoms with Crippen molar-refractivity contribution in [2.75, 3.05) is 0 Å². The Bertz CT molecular complexity index is 947. The Morgan fingerprint density at radius 3 is 2.16 bits per heavy atom. The molecule has 3 atom stereocenters. The van der Waals surface area contributed by atoms with E-state index in [0.717, 1.165) is 55.2 Å². The highest BCUT2D eigenvalue weighted by Gasteiger charge is 2.38. The number of hydrogen-bond donors (Lipinski definition) is 2. The lowest BCUT2D eigenvalue weighted by atomic mass is 9.93. The standard InChI is InChI=1S/C31H51N3O4/c1-20(2)15-17-23(5)34(29(36)24(6)32-30(37)38-31(7,8)9)27(25-18-16-21(3)22(4)19-25)28(35)33-26-13-11-10-12-14-26/h16,18-20,23-24,26-27H,10-15,17H2,1-9H3,(H,32,37)(H,33,35). The van der Waals surface area contributed by atoms with Gasteiger partial charge in [-0.25, -0.2) is 4.79 Å². The third-order valence-corrected chi connectivity index (χ3v) is 7.32. The fourth-order valence-electron chi connectivity index (χ4n) is 4.98. The van der Waals surface area contributed by atoms with Gasteiger partial charge in [-0.05, 0) is 96.8 Å². The molecule has 1 aromatic rings. The third kappa shape index (κ3) is 9.63. The maximum absolute atomic E-state index is 14.1. The smallest absolute Gasteiger partial charge is 0.408 e. The second kappa shape index (κ2) is 14.0. The van der Waals surface area contributed by atoms with Crippen LogP contribution in [0, 0.1) is 19.8 Å². The zero-order valence-corrected chi connectivity index (χ0v) is 25.1. The van der Waals surface area contributed by atoms with Crippen molar-refractivity contribution < 1.29 is 19.1 Å². The molecule has 214 valence electrons. The van der Waals surface area contributed by atoms with Gasteiger partial charge < -0.3 is 20.3 Å². The highest BCUT2D eigenvalue weighted by molar-refractivity contribution is 5.92. The number of carbonyl (C=O) groups is 3. The molecule has 0 radical (unpaired) electrons. The van der Waals surface area contributed by atoms with Gasteiger partial charge in [0.05, 0.1) is 0 Å². The van der Waals surface area contributed by atoms with Crippen LogP contribution in [0.2, 0.25) is 0 Å². The molecule has 1 fully saturated rings. The molecule has 0 spiro atoms. The Hall–Kier alpha value is -2.57. The molecule has 2 N–H and O–H groups in total. The minimum atomic E-state index is -0.858. The molecule has 1 aliphatic carbocycles. The van der Waals surface area contributed by atoms with Crippen LogP contribution in [0.25, 0.3) is 0 Å². The Kier molecular flexibility index (Phi) is 11.7. The molecule has 38 heavy (non-hydrogen) atoms. The molecule has 0 heterocycles. The number of nitrogens with one attached hydrogen (secondary N) is 2. The van der Waals surface area contributed by atoms with Gasteiger partial charge in [-0.2, -0.15) is 0 Å². The summed E-state index contributed by atoms with van der Waals surface area (Å²) in [5.41, 5.74) is 2.31. The average molecular weight is 530 g/mol. The van der Waals surface area contributed by atoms with Crippen molar-refractivity contribution >= 4 is 17.9 Å². The van der Waals surface area contributed by atoms with E-state index in [1.807, 2.05) is 39.0 Å². The summed E-state index contributed by atoms with van der Waals surface area (Å²) in [6.07, 6.45) is 6.33. The summed E-state index contributed by atoms with van der Waals surface area (Å²) in [7, 11) is 0. The van der Waals surface area contributed by atoms with E-state index < -0.39 is 23.8 Å². The third-order valence-electron chi connectivity index (χ3n) is 7.32. The number of alkyl carbamates (subject to hydrolysis) is 1. The first-order chi connectivity index (χ1) is 17.7. The van der Waals surface area contributed by atoms with Crippen molar-refractivity contribution in [3.8, 4) is 0 Å². The molecule has 3 unspecified atom stereocenters. The molecule has 1 aliphatic rings. The van der Waals surface area contributed by atoms with E-state index in [9.17, 15) is 14.4 Å². The van der Waals surface area contributed by atoms with Gasteiger partial charge in [-0.3, -0.25) is 9.59 Å². The van der Waals surface area contributed by atoms with Crippen LogP contribution in [0.1, 0.15) is 116 Å². The van der Waals surface area contributed by atoms with Crippen LogP contribution in [0.15, 0.2) is 18.2 Å². The van der Waals surface area contributed by atoms with E-state index in [1.165, 1.54) is 6.42 Å². The van der Waals surface area contributed by atoms with E-state index in [4.69, 9.17) is 4.74 Å². The molecule has 0 aliphatic heterocycles. The molecule has 1 aromatic carbocycles. The predicted molar refractivity (Wildman–Crippen MR) is 153 cm³/mol. The van der Waals surface area contributed by atoms with Gasteiger partial charge in [-0.15, -0.1) is 0 Å². The van der Waals surface area contributed by atoms with Crippen LogP contribution in [-0.4, -0.2) is 46.5 Å². The first kappa shape index (κ1) is 31.6. The van der Waals surface area contributed by atoms with E-state index in [2.05, 4.69) is 24.5 Å². The van der Waals surface area contributed by atoms with Crippen molar-refractivity contribution in [1.82, 2.24) is 15.5 Å². The van der Waals surface area contributed by atoms with Gasteiger partial charge >= 0.3 is 6.09 Å². The number of hydrogen-bond acceptors (Lipinski definition) is 4. The molecular formula is C31H51N3O4. The SMILES string of the molecule is Cc1ccc(C(C(=O)NC2CCCCC2)N(C(=O)C(C)NC(=O)OC(C)(C)C)C(C)CCC(C)C)cc1C. The van der Waals surface area contributed by atoms with Gasteiger partial charge in [0.25, 0.3) is 0 Å². The average Bonchev–Trinajstić information content (AvgIpc) is 2.81. The Morgan fingerprint density at radius 1 is 0.974 bits per heavy atom. The first-order valence-electron chi connectivity index (χ1n) is 14.4. The summed E-state index contributed by atoms with van der Waals surface area (Å²) in [4.78, 5) is 42.3. The summed E-state index contributed by atoms with van der Waals surface area (Å²) in [6.45, 7) is 17.4. The largest absolute Gasteiger partial charge is 0.444 e. The molecule has 1 saturated carbocycles. The normalized spacial score (nSPS) is 16.9. The number of rotatable bonds is 10. The number of carbonyl (C=O) groups excluding carboxylic acids is 3. The van der Waals surface area contributed by atoms with Crippen LogP contribution in [0.4, 0.5) is 4.79 Å². The minimum absolute atomic E-state index is 0.116. The van der Waals surface area contributed by atoms with Crippen molar-refractivity contribution in [3.05, 3.63) is 34.9 Å². The molecular weight excluding hydrogens is 478 g/mol. The van der Waals surface area contributed by atoms with E-state index in [-0.39, 0.29) is 23.9 Å². The van der Waals surface area contributed by atoms with Crippen molar-refractivity contribution in [1.29, 1.82) is 0 Å².